The highest BCUT2D eigenvalue weighted by atomic mass is 32.2. The Labute approximate surface area is 118 Å². The standard InChI is InChI=1S/C12H19N3O2S2/c1-2-19(16,17)12-9-18-7-6-15(12)8-11-10(13)4-3-5-14-11/h3-5,12H,2,6-9,13H2,1H3. The van der Waals surface area contributed by atoms with Gasteiger partial charge in [-0.1, -0.05) is 6.92 Å². The summed E-state index contributed by atoms with van der Waals surface area (Å²) in [7, 11) is -3.07. The number of rotatable bonds is 4. The molecule has 1 aromatic rings. The number of hydrogen-bond acceptors (Lipinski definition) is 6. The van der Waals surface area contributed by atoms with Crippen LogP contribution in [0.3, 0.4) is 0 Å². The number of nitrogens with two attached hydrogens (primary N) is 1. The van der Waals surface area contributed by atoms with Crippen molar-refractivity contribution in [2.75, 3.05) is 29.5 Å². The van der Waals surface area contributed by atoms with Gasteiger partial charge in [0.15, 0.2) is 9.84 Å². The van der Waals surface area contributed by atoms with Crippen molar-refractivity contribution in [1.29, 1.82) is 0 Å². The van der Waals surface area contributed by atoms with E-state index in [-0.39, 0.29) is 5.75 Å². The maximum absolute atomic E-state index is 12.1. The van der Waals surface area contributed by atoms with Crippen LogP contribution in [-0.4, -0.2) is 47.5 Å². The molecular formula is C12H19N3O2S2. The summed E-state index contributed by atoms with van der Waals surface area (Å²) in [5, 5.41) is -0.419. The second-order valence-electron chi connectivity index (χ2n) is 4.49. The third-order valence-corrected chi connectivity index (χ3v) is 6.62. The molecule has 1 saturated heterocycles. The highest BCUT2D eigenvalue weighted by molar-refractivity contribution is 8.01. The molecule has 0 radical (unpaired) electrons. The average Bonchev–Trinajstić information content (AvgIpc) is 2.42. The van der Waals surface area contributed by atoms with Gasteiger partial charge in [0.2, 0.25) is 0 Å². The van der Waals surface area contributed by atoms with E-state index in [9.17, 15) is 8.42 Å². The van der Waals surface area contributed by atoms with Crippen molar-refractivity contribution in [2.24, 2.45) is 0 Å². The Kier molecular flexibility index (Phi) is 4.70. The van der Waals surface area contributed by atoms with Crippen LogP contribution in [0.25, 0.3) is 0 Å². The van der Waals surface area contributed by atoms with Crippen LogP contribution in [0.1, 0.15) is 12.6 Å². The number of nitrogens with zero attached hydrogens (tertiary/aromatic N) is 2. The van der Waals surface area contributed by atoms with Crippen LogP contribution in [0.2, 0.25) is 0 Å². The van der Waals surface area contributed by atoms with Gasteiger partial charge < -0.3 is 5.73 Å². The molecule has 0 bridgehead atoms. The lowest BCUT2D eigenvalue weighted by Gasteiger charge is -2.34. The Balaban J connectivity index is 2.19. The van der Waals surface area contributed by atoms with Crippen molar-refractivity contribution in [1.82, 2.24) is 9.88 Å². The molecule has 1 aromatic heterocycles. The van der Waals surface area contributed by atoms with E-state index in [1.807, 2.05) is 4.90 Å². The second kappa shape index (κ2) is 6.11. The fourth-order valence-electron chi connectivity index (χ4n) is 2.09. The van der Waals surface area contributed by atoms with E-state index in [4.69, 9.17) is 5.73 Å². The van der Waals surface area contributed by atoms with Gasteiger partial charge >= 0.3 is 0 Å². The Hall–Kier alpha value is -0.790. The zero-order valence-electron chi connectivity index (χ0n) is 10.9. The van der Waals surface area contributed by atoms with Crippen LogP contribution in [0.4, 0.5) is 5.69 Å². The van der Waals surface area contributed by atoms with Crippen molar-refractivity contribution in [3.63, 3.8) is 0 Å². The van der Waals surface area contributed by atoms with Crippen molar-refractivity contribution >= 4 is 27.3 Å². The molecule has 7 heteroatoms. The molecule has 1 aliphatic rings. The first-order valence-corrected chi connectivity index (χ1v) is 9.14. The second-order valence-corrected chi connectivity index (χ2v) is 8.09. The monoisotopic (exact) mass is 301 g/mol. The lowest BCUT2D eigenvalue weighted by atomic mass is 10.3. The summed E-state index contributed by atoms with van der Waals surface area (Å²) in [4.78, 5) is 6.23. The Morgan fingerprint density at radius 2 is 2.37 bits per heavy atom. The van der Waals surface area contributed by atoms with Crippen LogP contribution >= 0.6 is 11.8 Å². The van der Waals surface area contributed by atoms with Crippen LogP contribution in [0.15, 0.2) is 18.3 Å². The largest absolute Gasteiger partial charge is 0.397 e. The summed E-state index contributed by atoms with van der Waals surface area (Å²) < 4.78 is 24.3. The van der Waals surface area contributed by atoms with Gasteiger partial charge in [-0.2, -0.15) is 11.8 Å². The van der Waals surface area contributed by atoms with E-state index in [0.29, 0.717) is 18.0 Å². The predicted molar refractivity (Wildman–Crippen MR) is 79.6 cm³/mol. The third kappa shape index (κ3) is 3.40. The molecule has 2 N–H and O–H groups in total. The molecule has 106 valence electrons. The van der Waals surface area contributed by atoms with Gasteiger partial charge in [-0.25, -0.2) is 8.42 Å². The number of sulfone groups is 1. The lowest BCUT2D eigenvalue weighted by Crippen LogP contribution is -2.47. The van der Waals surface area contributed by atoms with E-state index in [1.54, 1.807) is 37.0 Å². The van der Waals surface area contributed by atoms with Crippen LogP contribution in [0, 0.1) is 0 Å². The molecule has 0 spiro atoms. The SMILES string of the molecule is CCS(=O)(=O)C1CSCCN1Cc1ncccc1N. The van der Waals surface area contributed by atoms with Gasteiger partial charge in [0.1, 0.15) is 5.37 Å². The number of hydrogen-bond donors (Lipinski definition) is 1. The van der Waals surface area contributed by atoms with Gasteiger partial charge in [0.25, 0.3) is 0 Å². The fraction of sp³-hybridized carbons (Fsp3) is 0.583. The Morgan fingerprint density at radius 1 is 1.58 bits per heavy atom. The molecule has 0 aromatic carbocycles. The maximum atomic E-state index is 12.1. The van der Waals surface area contributed by atoms with E-state index in [0.717, 1.165) is 18.0 Å². The molecule has 1 aliphatic heterocycles. The summed E-state index contributed by atoms with van der Waals surface area (Å²) in [5.74, 6) is 1.75. The zero-order chi connectivity index (χ0) is 13.9. The Morgan fingerprint density at radius 3 is 3.05 bits per heavy atom. The van der Waals surface area contributed by atoms with Crippen molar-refractivity contribution < 1.29 is 8.42 Å². The quantitative estimate of drug-likeness (QED) is 0.893. The third-order valence-electron chi connectivity index (χ3n) is 3.29. The van der Waals surface area contributed by atoms with E-state index >= 15 is 0 Å². The number of aromatic nitrogens is 1. The minimum Gasteiger partial charge on any atom is -0.397 e. The van der Waals surface area contributed by atoms with Gasteiger partial charge in [-0.05, 0) is 12.1 Å². The summed E-state index contributed by atoms with van der Waals surface area (Å²) in [5.41, 5.74) is 7.26. The molecule has 0 amide bonds. The zero-order valence-corrected chi connectivity index (χ0v) is 12.6. The molecule has 5 nitrogen and oxygen atoms in total. The average molecular weight is 301 g/mol. The molecular weight excluding hydrogens is 282 g/mol. The smallest absolute Gasteiger partial charge is 0.166 e. The number of nitrogen functional groups attached to an aromatic ring is 1. The molecule has 1 fully saturated rings. The Bertz CT molecular complexity index is 534. The normalized spacial score (nSPS) is 21.4. The minimum atomic E-state index is -3.07. The molecule has 1 atom stereocenters. The first kappa shape index (κ1) is 14.6. The number of thioether (sulfide) groups is 1. The first-order valence-electron chi connectivity index (χ1n) is 6.27. The molecule has 2 heterocycles. The van der Waals surface area contributed by atoms with E-state index in [1.165, 1.54) is 0 Å². The fourth-order valence-corrected chi connectivity index (χ4v) is 5.17. The van der Waals surface area contributed by atoms with E-state index < -0.39 is 15.2 Å². The molecule has 19 heavy (non-hydrogen) atoms. The van der Waals surface area contributed by atoms with Crippen molar-refractivity contribution in [3.8, 4) is 0 Å². The van der Waals surface area contributed by atoms with Gasteiger partial charge in [-0.3, -0.25) is 9.88 Å². The van der Waals surface area contributed by atoms with Gasteiger partial charge in [0.05, 0.1) is 11.4 Å². The maximum Gasteiger partial charge on any atom is 0.166 e. The van der Waals surface area contributed by atoms with Crippen molar-refractivity contribution in [3.05, 3.63) is 24.0 Å². The molecule has 2 rings (SSSR count). The minimum absolute atomic E-state index is 0.173. The van der Waals surface area contributed by atoms with E-state index in [2.05, 4.69) is 4.98 Å². The van der Waals surface area contributed by atoms with Crippen LogP contribution in [0.5, 0.6) is 0 Å². The predicted octanol–water partition coefficient (Wildman–Crippen LogP) is 0.973. The highest BCUT2D eigenvalue weighted by Gasteiger charge is 2.33. The summed E-state index contributed by atoms with van der Waals surface area (Å²) >= 11 is 1.69. The molecule has 0 saturated carbocycles. The summed E-state index contributed by atoms with van der Waals surface area (Å²) in [6.07, 6.45) is 1.69. The first-order chi connectivity index (χ1) is 9.04. The van der Waals surface area contributed by atoms with Crippen molar-refractivity contribution in [2.45, 2.75) is 18.8 Å². The highest BCUT2D eigenvalue weighted by Crippen LogP contribution is 2.24. The molecule has 0 aliphatic carbocycles. The van der Waals surface area contributed by atoms with Crippen LogP contribution in [-0.2, 0) is 16.4 Å². The summed E-state index contributed by atoms with van der Waals surface area (Å²) in [6.45, 7) is 2.95. The summed E-state index contributed by atoms with van der Waals surface area (Å²) in [6, 6.07) is 3.58. The van der Waals surface area contributed by atoms with Crippen LogP contribution < -0.4 is 5.73 Å². The van der Waals surface area contributed by atoms with Gasteiger partial charge in [0, 0.05) is 36.5 Å². The number of pyridine rings is 1. The van der Waals surface area contributed by atoms with Gasteiger partial charge in [-0.15, -0.1) is 0 Å². The number of anilines is 1. The molecule has 1 unspecified atom stereocenters. The topological polar surface area (TPSA) is 76.3 Å². The lowest BCUT2D eigenvalue weighted by molar-refractivity contribution is 0.259.